The van der Waals surface area contributed by atoms with Gasteiger partial charge >= 0.3 is 0 Å². The van der Waals surface area contributed by atoms with Crippen LogP contribution in [0.2, 0.25) is 0 Å². The van der Waals surface area contributed by atoms with E-state index in [0.29, 0.717) is 12.5 Å². The van der Waals surface area contributed by atoms with E-state index in [1.807, 2.05) is 20.8 Å². The summed E-state index contributed by atoms with van der Waals surface area (Å²) in [6.07, 6.45) is 0.122. The van der Waals surface area contributed by atoms with E-state index in [4.69, 9.17) is 14.6 Å². The highest BCUT2D eigenvalue weighted by Crippen LogP contribution is 2.29. The van der Waals surface area contributed by atoms with Crippen LogP contribution in [-0.4, -0.2) is 30.2 Å². The molecule has 0 saturated carbocycles. The quantitative estimate of drug-likeness (QED) is 0.727. The zero-order valence-electron chi connectivity index (χ0n) is 8.91. The second kappa shape index (κ2) is 3.95. The van der Waals surface area contributed by atoms with Crippen molar-refractivity contribution in [2.75, 3.05) is 13.2 Å². The molecule has 1 aliphatic rings. The highest BCUT2D eigenvalue weighted by atomic mass is 16.7. The summed E-state index contributed by atoms with van der Waals surface area (Å²) in [5.41, 5.74) is 0. The monoisotopic (exact) mass is 188 g/mol. The summed E-state index contributed by atoms with van der Waals surface area (Å²) in [7, 11) is 0. The third-order valence-corrected chi connectivity index (χ3v) is 2.80. The lowest BCUT2D eigenvalue weighted by molar-refractivity contribution is -0.146. The molecule has 0 aliphatic carbocycles. The molecule has 1 saturated heterocycles. The number of rotatable bonds is 3. The molecular formula is C10H20O3. The molecule has 1 fully saturated rings. The van der Waals surface area contributed by atoms with Gasteiger partial charge in [-0.15, -0.1) is 0 Å². The Balaban J connectivity index is 2.46. The molecule has 1 aliphatic heterocycles. The van der Waals surface area contributed by atoms with Crippen molar-refractivity contribution in [3.05, 3.63) is 0 Å². The Kier molecular flexibility index (Phi) is 3.33. The van der Waals surface area contributed by atoms with Crippen molar-refractivity contribution >= 4 is 0 Å². The Bertz CT molecular complexity index is 168. The fraction of sp³-hybridized carbons (Fsp3) is 1.00. The first-order chi connectivity index (χ1) is 5.96. The molecule has 0 aromatic rings. The van der Waals surface area contributed by atoms with Crippen molar-refractivity contribution in [3.8, 4) is 0 Å². The zero-order valence-corrected chi connectivity index (χ0v) is 8.91. The number of hydrogen-bond donors (Lipinski definition) is 1. The third kappa shape index (κ3) is 2.66. The van der Waals surface area contributed by atoms with E-state index in [2.05, 4.69) is 6.92 Å². The maximum absolute atomic E-state index is 9.00. The van der Waals surface area contributed by atoms with Crippen LogP contribution in [-0.2, 0) is 9.47 Å². The van der Waals surface area contributed by atoms with Crippen LogP contribution >= 0.6 is 0 Å². The van der Waals surface area contributed by atoms with Gasteiger partial charge in [-0.2, -0.15) is 0 Å². The van der Waals surface area contributed by atoms with Gasteiger partial charge in [-0.05, 0) is 25.7 Å². The van der Waals surface area contributed by atoms with Crippen molar-refractivity contribution in [2.24, 2.45) is 11.8 Å². The van der Waals surface area contributed by atoms with Crippen molar-refractivity contribution in [3.63, 3.8) is 0 Å². The molecule has 3 nitrogen and oxygen atoms in total. The molecule has 1 N–H and O–H groups in total. The van der Waals surface area contributed by atoms with Crippen molar-refractivity contribution in [1.82, 2.24) is 0 Å². The minimum atomic E-state index is -0.450. The van der Waals surface area contributed by atoms with E-state index in [9.17, 15) is 0 Å². The van der Waals surface area contributed by atoms with Gasteiger partial charge in [-0.3, -0.25) is 0 Å². The summed E-state index contributed by atoms with van der Waals surface area (Å²) in [4.78, 5) is 0. The summed E-state index contributed by atoms with van der Waals surface area (Å²) in [5, 5.41) is 9.00. The van der Waals surface area contributed by atoms with Crippen molar-refractivity contribution in [1.29, 1.82) is 0 Å². The highest BCUT2D eigenvalue weighted by molar-refractivity contribution is 4.78. The molecule has 3 unspecified atom stereocenters. The highest BCUT2D eigenvalue weighted by Gasteiger charge is 2.37. The van der Waals surface area contributed by atoms with E-state index in [-0.39, 0.29) is 18.6 Å². The standard InChI is InChI=1S/C10H20O3/c1-7(5-11)8(2)9-6-12-10(3,4)13-9/h7-9,11H,5-6H2,1-4H3. The number of aliphatic hydroxyl groups is 1. The lowest BCUT2D eigenvalue weighted by Gasteiger charge is -2.24. The van der Waals surface area contributed by atoms with Gasteiger partial charge in [-0.25, -0.2) is 0 Å². The Morgan fingerprint density at radius 2 is 2.08 bits per heavy atom. The number of aliphatic hydroxyl groups excluding tert-OH is 1. The molecule has 3 atom stereocenters. The van der Waals surface area contributed by atoms with Crippen LogP contribution in [0.4, 0.5) is 0 Å². The smallest absolute Gasteiger partial charge is 0.163 e. The summed E-state index contributed by atoms with van der Waals surface area (Å²) >= 11 is 0. The van der Waals surface area contributed by atoms with Gasteiger partial charge in [0, 0.05) is 6.61 Å². The predicted molar refractivity (Wildman–Crippen MR) is 50.3 cm³/mol. The van der Waals surface area contributed by atoms with Crippen LogP contribution in [0.1, 0.15) is 27.7 Å². The lowest BCUT2D eigenvalue weighted by atomic mass is 9.92. The van der Waals surface area contributed by atoms with Gasteiger partial charge < -0.3 is 14.6 Å². The van der Waals surface area contributed by atoms with Crippen LogP contribution in [0, 0.1) is 11.8 Å². The second-order valence-electron chi connectivity index (χ2n) is 4.39. The number of hydrogen-bond acceptors (Lipinski definition) is 3. The fourth-order valence-corrected chi connectivity index (χ4v) is 1.51. The average Bonchev–Trinajstić information content (AvgIpc) is 2.43. The molecule has 0 radical (unpaired) electrons. The zero-order chi connectivity index (χ0) is 10.1. The maximum atomic E-state index is 9.00. The predicted octanol–water partition coefficient (Wildman–Crippen LogP) is 1.40. The Labute approximate surface area is 80.0 Å². The van der Waals surface area contributed by atoms with Gasteiger partial charge in [0.05, 0.1) is 12.7 Å². The molecule has 0 bridgehead atoms. The third-order valence-electron chi connectivity index (χ3n) is 2.80. The van der Waals surface area contributed by atoms with E-state index in [1.165, 1.54) is 0 Å². The Hall–Kier alpha value is -0.120. The molecule has 13 heavy (non-hydrogen) atoms. The van der Waals surface area contributed by atoms with E-state index >= 15 is 0 Å². The molecule has 0 spiro atoms. The Morgan fingerprint density at radius 3 is 2.46 bits per heavy atom. The summed E-state index contributed by atoms with van der Waals surface area (Å²) < 4.78 is 11.2. The van der Waals surface area contributed by atoms with E-state index in [1.54, 1.807) is 0 Å². The van der Waals surface area contributed by atoms with Gasteiger partial charge in [0.2, 0.25) is 0 Å². The molecule has 3 heteroatoms. The SMILES string of the molecule is CC(CO)C(C)C1COC(C)(C)O1. The summed E-state index contributed by atoms with van der Waals surface area (Å²) in [6, 6.07) is 0. The van der Waals surface area contributed by atoms with E-state index in [0.717, 1.165) is 0 Å². The summed E-state index contributed by atoms with van der Waals surface area (Å²) in [5.74, 6) is 0.156. The van der Waals surface area contributed by atoms with Crippen LogP contribution in [0.5, 0.6) is 0 Å². The topological polar surface area (TPSA) is 38.7 Å². The molecule has 0 aromatic carbocycles. The van der Waals surface area contributed by atoms with Gasteiger partial charge in [0.25, 0.3) is 0 Å². The minimum Gasteiger partial charge on any atom is -0.396 e. The van der Waals surface area contributed by atoms with Crippen molar-refractivity contribution < 1.29 is 14.6 Å². The van der Waals surface area contributed by atoms with E-state index < -0.39 is 5.79 Å². The first-order valence-corrected chi connectivity index (χ1v) is 4.89. The van der Waals surface area contributed by atoms with Crippen LogP contribution < -0.4 is 0 Å². The largest absolute Gasteiger partial charge is 0.396 e. The van der Waals surface area contributed by atoms with Crippen LogP contribution in [0.25, 0.3) is 0 Å². The first-order valence-electron chi connectivity index (χ1n) is 4.89. The van der Waals surface area contributed by atoms with Gasteiger partial charge in [0.15, 0.2) is 5.79 Å². The number of ether oxygens (including phenoxy) is 2. The van der Waals surface area contributed by atoms with Crippen LogP contribution in [0.3, 0.4) is 0 Å². The minimum absolute atomic E-state index is 0.122. The van der Waals surface area contributed by atoms with Crippen LogP contribution in [0.15, 0.2) is 0 Å². The molecule has 1 rings (SSSR count). The lowest BCUT2D eigenvalue weighted by Crippen LogP contribution is -2.30. The Morgan fingerprint density at radius 1 is 1.46 bits per heavy atom. The van der Waals surface area contributed by atoms with Crippen molar-refractivity contribution in [2.45, 2.75) is 39.6 Å². The molecule has 0 amide bonds. The van der Waals surface area contributed by atoms with Gasteiger partial charge in [0.1, 0.15) is 0 Å². The molecular weight excluding hydrogens is 168 g/mol. The average molecular weight is 188 g/mol. The summed E-state index contributed by atoms with van der Waals surface area (Å²) in [6.45, 7) is 8.81. The normalized spacial score (nSPS) is 31.6. The van der Waals surface area contributed by atoms with Gasteiger partial charge in [-0.1, -0.05) is 13.8 Å². The molecule has 0 aromatic heterocycles. The maximum Gasteiger partial charge on any atom is 0.163 e. The molecule has 78 valence electrons. The first kappa shape index (κ1) is 11.0. The fourth-order valence-electron chi connectivity index (χ4n) is 1.51. The molecule has 1 heterocycles. The second-order valence-corrected chi connectivity index (χ2v) is 4.39.